The number of hydrogen-bond acceptors (Lipinski definition) is 2. The average Bonchev–Trinajstić information content (AvgIpc) is 2.64. The number of rotatable bonds is 6. The van der Waals surface area contributed by atoms with E-state index in [2.05, 4.69) is 20.8 Å². The SMILES string of the molecule is CCC1OCCC1C(O)CCCC(C)C. The lowest BCUT2D eigenvalue weighted by molar-refractivity contribution is 0.0265. The zero-order valence-corrected chi connectivity index (χ0v) is 10.4. The Morgan fingerprint density at radius 1 is 1.33 bits per heavy atom. The van der Waals surface area contributed by atoms with Crippen molar-refractivity contribution in [1.82, 2.24) is 0 Å². The summed E-state index contributed by atoms with van der Waals surface area (Å²) in [7, 11) is 0. The maximum absolute atomic E-state index is 10.1. The molecule has 1 aliphatic rings. The van der Waals surface area contributed by atoms with E-state index < -0.39 is 0 Å². The Morgan fingerprint density at radius 3 is 2.67 bits per heavy atom. The van der Waals surface area contributed by atoms with Crippen LogP contribution in [0.3, 0.4) is 0 Å². The quantitative estimate of drug-likeness (QED) is 0.736. The smallest absolute Gasteiger partial charge is 0.0626 e. The molecule has 2 nitrogen and oxygen atoms in total. The average molecular weight is 214 g/mol. The Kier molecular flexibility index (Phi) is 5.62. The largest absolute Gasteiger partial charge is 0.393 e. The lowest BCUT2D eigenvalue weighted by atomic mass is 9.89. The van der Waals surface area contributed by atoms with Gasteiger partial charge in [0.05, 0.1) is 12.2 Å². The predicted molar refractivity (Wildman–Crippen MR) is 62.8 cm³/mol. The molecule has 3 atom stereocenters. The van der Waals surface area contributed by atoms with Gasteiger partial charge in [-0.3, -0.25) is 0 Å². The van der Waals surface area contributed by atoms with E-state index in [4.69, 9.17) is 4.74 Å². The molecule has 2 heteroatoms. The number of ether oxygens (including phenoxy) is 1. The van der Waals surface area contributed by atoms with Crippen LogP contribution in [-0.2, 0) is 4.74 Å². The third kappa shape index (κ3) is 4.12. The normalized spacial score (nSPS) is 28.6. The van der Waals surface area contributed by atoms with Crippen LogP contribution in [0.1, 0.15) is 52.9 Å². The molecule has 1 saturated heterocycles. The molecule has 0 bridgehead atoms. The van der Waals surface area contributed by atoms with Crippen LogP contribution in [0.4, 0.5) is 0 Å². The predicted octanol–water partition coefficient (Wildman–Crippen LogP) is 2.99. The van der Waals surface area contributed by atoms with Gasteiger partial charge in [0.15, 0.2) is 0 Å². The Bertz CT molecular complexity index is 168. The molecular formula is C13H26O2. The van der Waals surface area contributed by atoms with E-state index in [9.17, 15) is 5.11 Å². The van der Waals surface area contributed by atoms with E-state index in [0.717, 1.165) is 38.2 Å². The summed E-state index contributed by atoms with van der Waals surface area (Å²) in [6, 6.07) is 0. The Hall–Kier alpha value is -0.0800. The first-order chi connectivity index (χ1) is 7.15. The molecule has 0 saturated carbocycles. The molecular weight excluding hydrogens is 188 g/mol. The summed E-state index contributed by atoms with van der Waals surface area (Å²) in [6.07, 6.45) is 5.55. The van der Waals surface area contributed by atoms with Gasteiger partial charge in [-0.1, -0.05) is 33.6 Å². The van der Waals surface area contributed by atoms with Crippen molar-refractivity contribution >= 4 is 0 Å². The molecule has 3 unspecified atom stereocenters. The highest BCUT2D eigenvalue weighted by Gasteiger charge is 2.32. The zero-order valence-electron chi connectivity index (χ0n) is 10.4. The van der Waals surface area contributed by atoms with Gasteiger partial charge in [0, 0.05) is 12.5 Å². The molecule has 0 amide bonds. The van der Waals surface area contributed by atoms with Crippen molar-refractivity contribution in [3.63, 3.8) is 0 Å². The van der Waals surface area contributed by atoms with Crippen LogP contribution < -0.4 is 0 Å². The molecule has 1 heterocycles. The van der Waals surface area contributed by atoms with E-state index in [-0.39, 0.29) is 6.10 Å². The van der Waals surface area contributed by atoms with Gasteiger partial charge in [0.1, 0.15) is 0 Å². The van der Waals surface area contributed by atoms with Crippen molar-refractivity contribution in [3.05, 3.63) is 0 Å². The van der Waals surface area contributed by atoms with Crippen LogP contribution in [-0.4, -0.2) is 23.9 Å². The van der Waals surface area contributed by atoms with E-state index >= 15 is 0 Å². The number of aliphatic hydroxyl groups is 1. The van der Waals surface area contributed by atoms with Crippen molar-refractivity contribution in [1.29, 1.82) is 0 Å². The maximum atomic E-state index is 10.1. The van der Waals surface area contributed by atoms with E-state index in [0.29, 0.717) is 12.0 Å². The summed E-state index contributed by atoms with van der Waals surface area (Å²) < 4.78 is 5.60. The third-order valence-electron chi connectivity index (χ3n) is 3.44. The Labute approximate surface area is 94.0 Å². The summed E-state index contributed by atoms with van der Waals surface area (Å²) in [5.74, 6) is 1.14. The van der Waals surface area contributed by atoms with Gasteiger partial charge in [-0.2, -0.15) is 0 Å². The molecule has 1 aliphatic heterocycles. The monoisotopic (exact) mass is 214 g/mol. The first-order valence-electron chi connectivity index (χ1n) is 6.44. The van der Waals surface area contributed by atoms with Gasteiger partial charge >= 0.3 is 0 Å². The summed E-state index contributed by atoms with van der Waals surface area (Å²) in [4.78, 5) is 0. The van der Waals surface area contributed by atoms with Crippen LogP contribution in [0.15, 0.2) is 0 Å². The summed E-state index contributed by atoms with van der Waals surface area (Å²) in [6.45, 7) is 7.45. The summed E-state index contributed by atoms with van der Waals surface area (Å²) in [5, 5.41) is 10.1. The van der Waals surface area contributed by atoms with Crippen molar-refractivity contribution in [2.45, 2.75) is 65.1 Å². The second-order valence-electron chi connectivity index (χ2n) is 5.16. The highest BCUT2D eigenvalue weighted by molar-refractivity contribution is 4.81. The zero-order chi connectivity index (χ0) is 11.3. The molecule has 0 aromatic rings. The first kappa shape index (κ1) is 13.0. The Morgan fingerprint density at radius 2 is 2.07 bits per heavy atom. The second kappa shape index (κ2) is 6.49. The van der Waals surface area contributed by atoms with Gasteiger partial charge in [-0.15, -0.1) is 0 Å². The first-order valence-corrected chi connectivity index (χ1v) is 6.44. The lowest BCUT2D eigenvalue weighted by Crippen LogP contribution is -2.27. The summed E-state index contributed by atoms with van der Waals surface area (Å²) in [5.41, 5.74) is 0. The van der Waals surface area contributed by atoms with E-state index in [1.807, 2.05) is 0 Å². The minimum atomic E-state index is -0.142. The van der Waals surface area contributed by atoms with Crippen LogP contribution in [0.25, 0.3) is 0 Å². The highest BCUT2D eigenvalue weighted by atomic mass is 16.5. The molecule has 0 spiro atoms. The molecule has 0 aromatic carbocycles. The van der Waals surface area contributed by atoms with Crippen molar-refractivity contribution in [2.24, 2.45) is 11.8 Å². The minimum Gasteiger partial charge on any atom is -0.393 e. The fourth-order valence-electron chi connectivity index (χ4n) is 2.48. The fraction of sp³-hybridized carbons (Fsp3) is 1.00. The van der Waals surface area contributed by atoms with Crippen molar-refractivity contribution < 1.29 is 9.84 Å². The number of hydrogen-bond donors (Lipinski definition) is 1. The van der Waals surface area contributed by atoms with Gasteiger partial charge in [-0.05, 0) is 25.2 Å². The molecule has 15 heavy (non-hydrogen) atoms. The van der Waals surface area contributed by atoms with Gasteiger partial charge < -0.3 is 9.84 Å². The summed E-state index contributed by atoms with van der Waals surface area (Å²) >= 11 is 0. The van der Waals surface area contributed by atoms with Crippen LogP contribution >= 0.6 is 0 Å². The fourth-order valence-corrected chi connectivity index (χ4v) is 2.48. The minimum absolute atomic E-state index is 0.142. The van der Waals surface area contributed by atoms with E-state index in [1.165, 1.54) is 6.42 Å². The topological polar surface area (TPSA) is 29.5 Å². The third-order valence-corrected chi connectivity index (χ3v) is 3.44. The Balaban J connectivity index is 2.23. The molecule has 1 fully saturated rings. The molecule has 0 aromatic heterocycles. The molecule has 0 aliphatic carbocycles. The lowest BCUT2D eigenvalue weighted by Gasteiger charge is -2.22. The van der Waals surface area contributed by atoms with Crippen molar-refractivity contribution in [3.8, 4) is 0 Å². The van der Waals surface area contributed by atoms with Crippen LogP contribution in [0, 0.1) is 11.8 Å². The molecule has 1 rings (SSSR count). The highest BCUT2D eigenvalue weighted by Crippen LogP contribution is 2.28. The standard InChI is InChI=1S/C13H26O2/c1-4-13-11(8-9-15-13)12(14)7-5-6-10(2)3/h10-14H,4-9H2,1-3H3. The van der Waals surface area contributed by atoms with Crippen LogP contribution in [0.2, 0.25) is 0 Å². The van der Waals surface area contributed by atoms with Gasteiger partial charge in [-0.25, -0.2) is 0 Å². The molecule has 1 N–H and O–H groups in total. The van der Waals surface area contributed by atoms with E-state index in [1.54, 1.807) is 0 Å². The van der Waals surface area contributed by atoms with Crippen LogP contribution in [0.5, 0.6) is 0 Å². The number of aliphatic hydroxyl groups excluding tert-OH is 1. The van der Waals surface area contributed by atoms with Crippen molar-refractivity contribution in [2.75, 3.05) is 6.61 Å². The molecule has 90 valence electrons. The van der Waals surface area contributed by atoms with Gasteiger partial charge in [0.25, 0.3) is 0 Å². The second-order valence-corrected chi connectivity index (χ2v) is 5.16. The van der Waals surface area contributed by atoms with Gasteiger partial charge in [0.2, 0.25) is 0 Å². The maximum Gasteiger partial charge on any atom is 0.0626 e. The molecule has 0 radical (unpaired) electrons.